The molecule has 0 aromatic heterocycles. The van der Waals surface area contributed by atoms with E-state index in [1.54, 1.807) is 11.9 Å². The highest BCUT2D eigenvalue weighted by Gasteiger charge is 2.05. The molecule has 0 fully saturated rings. The third kappa shape index (κ3) is 6.54. The van der Waals surface area contributed by atoms with Crippen molar-refractivity contribution in [2.45, 2.75) is 13.8 Å². The van der Waals surface area contributed by atoms with Gasteiger partial charge in [0.05, 0.1) is 13.2 Å². The number of hydrogen-bond acceptors (Lipinski definition) is 3. The maximum atomic E-state index is 11.2. The van der Waals surface area contributed by atoms with Crippen LogP contribution in [0.2, 0.25) is 0 Å². The third-order valence-corrected chi connectivity index (χ3v) is 1.70. The Morgan fingerprint density at radius 3 is 2.38 bits per heavy atom. The van der Waals surface area contributed by atoms with E-state index in [1.165, 1.54) is 0 Å². The lowest BCUT2D eigenvalue weighted by Gasteiger charge is -2.14. The summed E-state index contributed by atoms with van der Waals surface area (Å²) in [4.78, 5) is 12.8. The van der Waals surface area contributed by atoms with Crippen molar-refractivity contribution in [3.05, 3.63) is 0 Å². The van der Waals surface area contributed by atoms with E-state index in [0.29, 0.717) is 26.4 Å². The lowest BCUT2D eigenvalue weighted by Crippen LogP contribution is -2.30. The fourth-order valence-electron chi connectivity index (χ4n) is 0.708. The molecule has 0 heterocycles. The molecule has 4 heteroatoms. The highest BCUT2D eigenvalue weighted by molar-refractivity contribution is 5.77. The average Bonchev–Trinajstić information content (AvgIpc) is 2.16. The van der Waals surface area contributed by atoms with Crippen LogP contribution in [0.25, 0.3) is 0 Å². The van der Waals surface area contributed by atoms with E-state index in [9.17, 15) is 4.79 Å². The first kappa shape index (κ1) is 12.4. The zero-order valence-electron chi connectivity index (χ0n) is 8.71. The molecular formula is C9H19NO3. The Labute approximate surface area is 79.8 Å². The molecule has 0 aliphatic heterocycles. The molecule has 0 spiro atoms. The van der Waals surface area contributed by atoms with Crippen LogP contribution in [0.4, 0.5) is 0 Å². The van der Waals surface area contributed by atoms with Gasteiger partial charge in [-0.05, 0) is 13.8 Å². The summed E-state index contributed by atoms with van der Waals surface area (Å²) in [7, 11) is 1.76. The smallest absolute Gasteiger partial charge is 0.248 e. The molecule has 0 bridgehead atoms. The van der Waals surface area contributed by atoms with Crippen molar-refractivity contribution in [2.24, 2.45) is 0 Å². The average molecular weight is 189 g/mol. The predicted molar refractivity (Wildman–Crippen MR) is 50.6 cm³/mol. The molecule has 0 aliphatic rings. The van der Waals surface area contributed by atoms with Gasteiger partial charge in [-0.2, -0.15) is 0 Å². The van der Waals surface area contributed by atoms with Gasteiger partial charge >= 0.3 is 0 Å². The molecule has 0 rings (SSSR count). The van der Waals surface area contributed by atoms with Crippen molar-refractivity contribution in [3.63, 3.8) is 0 Å². The summed E-state index contributed by atoms with van der Waals surface area (Å²) in [5, 5.41) is 0. The van der Waals surface area contributed by atoms with E-state index in [1.807, 2.05) is 13.8 Å². The van der Waals surface area contributed by atoms with Crippen LogP contribution in [0.3, 0.4) is 0 Å². The van der Waals surface area contributed by atoms with Crippen molar-refractivity contribution in [3.8, 4) is 0 Å². The molecule has 0 aromatic rings. The SMILES string of the molecule is CCOCCOCC(=O)N(C)CC. The topological polar surface area (TPSA) is 38.8 Å². The first-order valence-corrected chi connectivity index (χ1v) is 4.61. The van der Waals surface area contributed by atoms with Crippen molar-refractivity contribution < 1.29 is 14.3 Å². The van der Waals surface area contributed by atoms with Crippen LogP contribution in [0.5, 0.6) is 0 Å². The molecule has 0 N–H and O–H groups in total. The van der Waals surface area contributed by atoms with E-state index < -0.39 is 0 Å². The van der Waals surface area contributed by atoms with Crippen molar-refractivity contribution in [1.82, 2.24) is 4.90 Å². The summed E-state index contributed by atoms with van der Waals surface area (Å²) < 4.78 is 10.2. The summed E-state index contributed by atoms with van der Waals surface area (Å²) in [6.07, 6.45) is 0. The van der Waals surface area contributed by atoms with Gasteiger partial charge in [0, 0.05) is 20.2 Å². The van der Waals surface area contributed by atoms with Crippen LogP contribution in [-0.2, 0) is 14.3 Å². The second-order valence-corrected chi connectivity index (χ2v) is 2.66. The molecule has 0 saturated carbocycles. The minimum Gasteiger partial charge on any atom is -0.379 e. The molecule has 0 aliphatic carbocycles. The van der Waals surface area contributed by atoms with Gasteiger partial charge in [-0.1, -0.05) is 0 Å². The molecule has 13 heavy (non-hydrogen) atoms. The molecule has 0 unspecified atom stereocenters. The largest absolute Gasteiger partial charge is 0.379 e. The first-order valence-electron chi connectivity index (χ1n) is 4.61. The predicted octanol–water partition coefficient (Wildman–Crippen LogP) is 0.518. The van der Waals surface area contributed by atoms with E-state index in [-0.39, 0.29) is 12.5 Å². The zero-order chi connectivity index (χ0) is 10.1. The van der Waals surface area contributed by atoms with Gasteiger partial charge in [-0.25, -0.2) is 0 Å². The number of rotatable bonds is 7. The van der Waals surface area contributed by atoms with Gasteiger partial charge in [0.15, 0.2) is 0 Å². The van der Waals surface area contributed by atoms with Gasteiger partial charge in [-0.15, -0.1) is 0 Å². The Morgan fingerprint density at radius 1 is 1.23 bits per heavy atom. The number of hydrogen-bond donors (Lipinski definition) is 0. The van der Waals surface area contributed by atoms with Gasteiger partial charge in [0.2, 0.25) is 5.91 Å². The number of carbonyl (C=O) groups is 1. The first-order chi connectivity index (χ1) is 6.22. The minimum absolute atomic E-state index is 0.0130. The molecular weight excluding hydrogens is 170 g/mol. The van der Waals surface area contributed by atoms with Crippen LogP contribution in [0.15, 0.2) is 0 Å². The van der Waals surface area contributed by atoms with Crippen LogP contribution < -0.4 is 0 Å². The van der Waals surface area contributed by atoms with Crippen molar-refractivity contribution >= 4 is 5.91 Å². The fraction of sp³-hybridized carbons (Fsp3) is 0.889. The highest BCUT2D eigenvalue weighted by Crippen LogP contribution is 1.85. The van der Waals surface area contributed by atoms with Crippen molar-refractivity contribution in [2.75, 3.05) is 40.0 Å². The molecule has 1 amide bonds. The lowest BCUT2D eigenvalue weighted by atomic mass is 10.5. The van der Waals surface area contributed by atoms with Gasteiger partial charge in [0.1, 0.15) is 6.61 Å². The molecule has 0 atom stereocenters. The normalized spacial score (nSPS) is 10.1. The van der Waals surface area contributed by atoms with Gasteiger partial charge < -0.3 is 14.4 Å². The lowest BCUT2D eigenvalue weighted by molar-refractivity contribution is -0.135. The van der Waals surface area contributed by atoms with Gasteiger partial charge in [0.25, 0.3) is 0 Å². The van der Waals surface area contributed by atoms with E-state index in [0.717, 1.165) is 0 Å². The van der Waals surface area contributed by atoms with Crippen LogP contribution in [-0.4, -0.2) is 50.8 Å². The van der Waals surface area contributed by atoms with Crippen LogP contribution >= 0.6 is 0 Å². The second kappa shape index (κ2) is 8.01. The molecule has 0 radical (unpaired) electrons. The number of likely N-dealkylation sites (N-methyl/N-ethyl adjacent to an activating group) is 1. The Hall–Kier alpha value is -0.610. The quantitative estimate of drug-likeness (QED) is 0.548. The molecule has 0 saturated heterocycles. The number of carbonyl (C=O) groups excluding carboxylic acids is 1. The Bertz CT molecular complexity index is 139. The van der Waals surface area contributed by atoms with E-state index in [4.69, 9.17) is 9.47 Å². The highest BCUT2D eigenvalue weighted by atomic mass is 16.5. The van der Waals surface area contributed by atoms with Crippen molar-refractivity contribution in [1.29, 1.82) is 0 Å². The fourth-order valence-corrected chi connectivity index (χ4v) is 0.708. The standard InChI is InChI=1S/C9H19NO3/c1-4-10(3)9(11)8-13-7-6-12-5-2/h4-8H2,1-3H3. The molecule has 4 nitrogen and oxygen atoms in total. The number of ether oxygens (including phenoxy) is 2. The Balaban J connectivity index is 3.27. The third-order valence-electron chi connectivity index (χ3n) is 1.70. The monoisotopic (exact) mass is 189 g/mol. The summed E-state index contributed by atoms with van der Waals surface area (Å²) in [5.74, 6) is 0.0130. The number of nitrogens with zero attached hydrogens (tertiary/aromatic N) is 1. The van der Waals surface area contributed by atoms with Gasteiger partial charge in [-0.3, -0.25) is 4.79 Å². The Morgan fingerprint density at radius 2 is 1.85 bits per heavy atom. The maximum Gasteiger partial charge on any atom is 0.248 e. The summed E-state index contributed by atoms with van der Waals surface area (Å²) in [6, 6.07) is 0. The van der Waals surface area contributed by atoms with E-state index in [2.05, 4.69) is 0 Å². The molecule has 0 aromatic carbocycles. The minimum atomic E-state index is 0.0130. The van der Waals surface area contributed by atoms with Crippen LogP contribution in [0, 0.1) is 0 Å². The number of amides is 1. The van der Waals surface area contributed by atoms with Crippen LogP contribution in [0.1, 0.15) is 13.8 Å². The Kier molecular flexibility index (Phi) is 7.63. The molecule has 78 valence electrons. The summed E-state index contributed by atoms with van der Waals surface area (Å²) >= 11 is 0. The zero-order valence-corrected chi connectivity index (χ0v) is 8.71. The summed E-state index contributed by atoms with van der Waals surface area (Å²) in [6.45, 7) is 6.45. The summed E-state index contributed by atoms with van der Waals surface area (Å²) in [5.41, 5.74) is 0. The van der Waals surface area contributed by atoms with E-state index >= 15 is 0 Å². The maximum absolute atomic E-state index is 11.2. The second-order valence-electron chi connectivity index (χ2n) is 2.66.